The Balaban J connectivity index is 0.00000261. The molecule has 0 saturated carbocycles. The van der Waals surface area contributed by atoms with Crippen molar-refractivity contribution in [3.63, 3.8) is 0 Å². The lowest BCUT2D eigenvalue weighted by atomic mass is 10.0. The third-order valence-corrected chi connectivity index (χ3v) is 5.49. The zero-order chi connectivity index (χ0) is 18.7. The molecule has 1 N–H and O–H groups in total. The second kappa shape index (κ2) is 9.08. The van der Waals surface area contributed by atoms with Crippen LogP contribution in [0.3, 0.4) is 0 Å². The Morgan fingerprint density at radius 3 is 2.52 bits per heavy atom. The van der Waals surface area contributed by atoms with E-state index in [1.165, 1.54) is 11.3 Å². The van der Waals surface area contributed by atoms with Crippen LogP contribution in [0.1, 0.15) is 28.0 Å². The summed E-state index contributed by atoms with van der Waals surface area (Å²) >= 11 is 1.36. The van der Waals surface area contributed by atoms with Gasteiger partial charge >= 0.3 is 0 Å². The maximum atomic E-state index is 11.8. The molecule has 1 aromatic carbocycles. The number of carbonyl (C=O) groups excluding carboxylic acids is 1. The Labute approximate surface area is 168 Å². The number of aliphatic hydroxyl groups excluding tert-OH is 1. The maximum absolute atomic E-state index is 11.8. The second-order valence-corrected chi connectivity index (χ2v) is 7.00. The van der Waals surface area contributed by atoms with Crippen molar-refractivity contribution in [3.8, 4) is 11.1 Å². The number of hydrogen-bond donors (Lipinski definition) is 1. The quantitative estimate of drug-likeness (QED) is 0.652. The fourth-order valence-electron chi connectivity index (χ4n) is 2.87. The lowest BCUT2D eigenvalue weighted by Crippen LogP contribution is -2.18. The first-order valence-corrected chi connectivity index (χ1v) is 9.21. The molecule has 7 heteroatoms. The standard InChI is InChI=1S/C20H21N3O2S.ClH/c1-13-18(5-4-10-21-13)16-6-8-17(9-7-16)22-20-23(11-12-24)14(2)19(26-20)15(3)25;/h4-10,24H,11-12H2,1-3H3;1H. The Morgan fingerprint density at radius 2 is 1.93 bits per heavy atom. The highest BCUT2D eigenvalue weighted by Crippen LogP contribution is 2.24. The fourth-order valence-corrected chi connectivity index (χ4v) is 3.95. The SMILES string of the molecule is CC(=O)c1sc(=Nc2ccc(-c3cccnc3C)cc2)n(CCO)c1C.Cl. The van der Waals surface area contributed by atoms with Crippen molar-refractivity contribution in [2.24, 2.45) is 4.99 Å². The van der Waals surface area contributed by atoms with Crippen LogP contribution >= 0.6 is 23.7 Å². The van der Waals surface area contributed by atoms with E-state index in [9.17, 15) is 9.90 Å². The van der Waals surface area contributed by atoms with E-state index in [0.717, 1.165) is 28.2 Å². The number of aliphatic hydroxyl groups is 1. The topological polar surface area (TPSA) is 67.5 Å². The summed E-state index contributed by atoms with van der Waals surface area (Å²) in [6.45, 7) is 5.85. The molecule has 2 heterocycles. The second-order valence-electron chi connectivity index (χ2n) is 6.03. The number of ketones is 1. The molecule has 0 saturated heterocycles. The molecule has 0 spiro atoms. The number of halogens is 1. The van der Waals surface area contributed by atoms with Gasteiger partial charge in [-0.15, -0.1) is 12.4 Å². The average molecular weight is 404 g/mol. The van der Waals surface area contributed by atoms with Gasteiger partial charge in [-0.25, -0.2) is 4.99 Å². The van der Waals surface area contributed by atoms with Gasteiger partial charge in [0.1, 0.15) is 0 Å². The largest absolute Gasteiger partial charge is 0.395 e. The number of thiazole rings is 1. The van der Waals surface area contributed by atoms with Crippen molar-refractivity contribution in [1.82, 2.24) is 9.55 Å². The summed E-state index contributed by atoms with van der Waals surface area (Å²) in [5.74, 6) is 0.0167. The molecule has 0 unspecified atom stereocenters. The van der Waals surface area contributed by atoms with Gasteiger partial charge in [-0.05, 0) is 37.6 Å². The van der Waals surface area contributed by atoms with E-state index in [-0.39, 0.29) is 24.8 Å². The summed E-state index contributed by atoms with van der Waals surface area (Å²) < 4.78 is 1.89. The van der Waals surface area contributed by atoms with E-state index in [4.69, 9.17) is 0 Å². The van der Waals surface area contributed by atoms with Crippen LogP contribution in [-0.4, -0.2) is 27.0 Å². The van der Waals surface area contributed by atoms with Gasteiger partial charge < -0.3 is 9.67 Å². The molecule has 3 rings (SSSR count). The highest BCUT2D eigenvalue weighted by molar-refractivity contribution is 7.11. The predicted octanol–water partition coefficient (Wildman–Crippen LogP) is 4.08. The summed E-state index contributed by atoms with van der Waals surface area (Å²) in [6.07, 6.45) is 1.79. The number of carbonyl (C=O) groups is 1. The first-order chi connectivity index (χ1) is 12.5. The number of benzene rings is 1. The molecule has 0 atom stereocenters. The minimum atomic E-state index is 0. The van der Waals surface area contributed by atoms with Gasteiger partial charge in [0.05, 0.1) is 17.2 Å². The third-order valence-electron chi connectivity index (χ3n) is 4.21. The van der Waals surface area contributed by atoms with Crippen molar-refractivity contribution < 1.29 is 9.90 Å². The Morgan fingerprint density at radius 1 is 1.22 bits per heavy atom. The van der Waals surface area contributed by atoms with Gasteiger partial charge in [0, 0.05) is 36.6 Å². The molecule has 0 aliphatic heterocycles. The number of aryl methyl sites for hydroxylation is 1. The molecule has 0 amide bonds. The predicted molar refractivity (Wildman–Crippen MR) is 111 cm³/mol. The highest BCUT2D eigenvalue weighted by atomic mass is 35.5. The van der Waals surface area contributed by atoms with E-state index < -0.39 is 0 Å². The lowest BCUT2D eigenvalue weighted by Gasteiger charge is -2.05. The zero-order valence-corrected chi connectivity index (χ0v) is 17.1. The van der Waals surface area contributed by atoms with Gasteiger partial charge in [0.2, 0.25) is 0 Å². The molecule has 0 aliphatic carbocycles. The van der Waals surface area contributed by atoms with Crippen LogP contribution in [0.15, 0.2) is 47.6 Å². The number of rotatable bonds is 5. The summed E-state index contributed by atoms with van der Waals surface area (Å²) in [7, 11) is 0. The summed E-state index contributed by atoms with van der Waals surface area (Å²) in [5, 5.41) is 9.32. The minimum absolute atomic E-state index is 0. The summed E-state index contributed by atoms with van der Waals surface area (Å²) in [4.78, 5) is 22.2. The van der Waals surface area contributed by atoms with Crippen molar-refractivity contribution in [2.75, 3.05) is 6.61 Å². The number of nitrogens with zero attached hydrogens (tertiary/aromatic N) is 3. The number of hydrogen-bond acceptors (Lipinski definition) is 5. The third kappa shape index (κ3) is 4.53. The first-order valence-electron chi connectivity index (χ1n) is 8.40. The smallest absolute Gasteiger partial charge is 0.190 e. The Hall–Kier alpha value is -2.28. The summed E-state index contributed by atoms with van der Waals surface area (Å²) in [6, 6.07) is 11.9. The maximum Gasteiger partial charge on any atom is 0.190 e. The molecule has 0 aliphatic rings. The van der Waals surface area contributed by atoms with Gasteiger partial charge in [-0.3, -0.25) is 9.78 Å². The normalized spacial score (nSPS) is 11.3. The number of aromatic nitrogens is 2. The molecule has 0 bridgehead atoms. The molecule has 5 nitrogen and oxygen atoms in total. The molecule has 3 aromatic rings. The van der Waals surface area contributed by atoms with Crippen LogP contribution in [0.4, 0.5) is 5.69 Å². The highest BCUT2D eigenvalue weighted by Gasteiger charge is 2.13. The van der Waals surface area contributed by atoms with Crippen molar-refractivity contribution in [2.45, 2.75) is 27.3 Å². The van der Waals surface area contributed by atoms with E-state index in [0.29, 0.717) is 16.2 Å². The van der Waals surface area contributed by atoms with Gasteiger partial charge in [0.25, 0.3) is 0 Å². The molecular formula is C20H22ClN3O2S. The van der Waals surface area contributed by atoms with E-state index in [1.54, 1.807) is 13.1 Å². The average Bonchev–Trinajstić information content (AvgIpc) is 2.93. The van der Waals surface area contributed by atoms with Gasteiger partial charge in [0.15, 0.2) is 10.6 Å². The molecule has 0 radical (unpaired) electrons. The van der Waals surface area contributed by atoms with Gasteiger partial charge in [-0.2, -0.15) is 0 Å². The van der Waals surface area contributed by atoms with Crippen LogP contribution in [0.25, 0.3) is 11.1 Å². The summed E-state index contributed by atoms with van der Waals surface area (Å²) in [5.41, 5.74) is 4.82. The van der Waals surface area contributed by atoms with E-state index >= 15 is 0 Å². The van der Waals surface area contributed by atoms with Crippen molar-refractivity contribution in [1.29, 1.82) is 0 Å². The molecule has 2 aromatic heterocycles. The van der Waals surface area contributed by atoms with Gasteiger partial charge in [-0.1, -0.05) is 29.5 Å². The molecule has 0 fully saturated rings. The fraction of sp³-hybridized carbons (Fsp3) is 0.250. The number of pyridine rings is 1. The lowest BCUT2D eigenvalue weighted by molar-refractivity contribution is 0.102. The molecule has 27 heavy (non-hydrogen) atoms. The van der Waals surface area contributed by atoms with E-state index in [2.05, 4.69) is 9.98 Å². The first kappa shape index (κ1) is 21.0. The van der Waals surface area contributed by atoms with E-state index in [1.807, 2.05) is 54.8 Å². The Kier molecular flexibility index (Phi) is 7.07. The number of Topliss-reactive ketones (excluding diaryl/α,β-unsaturated/α-hetero) is 1. The van der Waals surface area contributed by atoms with Crippen LogP contribution < -0.4 is 4.80 Å². The molecular weight excluding hydrogens is 382 g/mol. The minimum Gasteiger partial charge on any atom is -0.395 e. The molecule has 142 valence electrons. The monoisotopic (exact) mass is 403 g/mol. The van der Waals surface area contributed by atoms with Crippen LogP contribution in [0.2, 0.25) is 0 Å². The zero-order valence-electron chi connectivity index (χ0n) is 15.5. The van der Waals surface area contributed by atoms with Crippen molar-refractivity contribution >= 4 is 35.2 Å². The van der Waals surface area contributed by atoms with Crippen molar-refractivity contribution in [3.05, 3.63) is 63.7 Å². The van der Waals surface area contributed by atoms with Crippen LogP contribution in [0, 0.1) is 13.8 Å². The van der Waals surface area contributed by atoms with Crippen LogP contribution in [-0.2, 0) is 6.54 Å². The van der Waals surface area contributed by atoms with Crippen LogP contribution in [0.5, 0.6) is 0 Å². The Bertz CT molecular complexity index is 1010.